The van der Waals surface area contributed by atoms with Gasteiger partial charge in [-0.1, -0.05) is 18.2 Å². The van der Waals surface area contributed by atoms with Gasteiger partial charge < -0.3 is 10.6 Å². The van der Waals surface area contributed by atoms with Crippen molar-refractivity contribution < 1.29 is 8.42 Å². The molecule has 1 saturated heterocycles. The van der Waals surface area contributed by atoms with Crippen LogP contribution in [0.25, 0.3) is 0 Å². The number of nitrogens with zero attached hydrogens (tertiary/aromatic N) is 3. The maximum atomic E-state index is 12.7. The van der Waals surface area contributed by atoms with Gasteiger partial charge in [-0.05, 0) is 37.9 Å². The van der Waals surface area contributed by atoms with Crippen LogP contribution < -0.4 is 10.6 Å². The van der Waals surface area contributed by atoms with Gasteiger partial charge in [0.25, 0.3) is 0 Å². The van der Waals surface area contributed by atoms with Gasteiger partial charge in [-0.3, -0.25) is 0 Å². The van der Waals surface area contributed by atoms with Crippen molar-refractivity contribution in [2.24, 2.45) is 0 Å². The number of benzene rings is 1. The molecule has 7 nitrogen and oxygen atoms in total. The smallest absolute Gasteiger partial charge is 0.243 e. The Morgan fingerprint density at radius 2 is 1.88 bits per heavy atom. The topological polar surface area (TPSA) is 87.2 Å². The maximum Gasteiger partial charge on any atom is 0.243 e. The zero-order chi connectivity index (χ0) is 18.0. The summed E-state index contributed by atoms with van der Waals surface area (Å²) in [6.07, 6.45) is 4.05. The van der Waals surface area contributed by atoms with Crippen LogP contribution in [0.4, 0.5) is 5.82 Å². The molecular formula is C18H23N5O2S. The zero-order valence-electron chi connectivity index (χ0n) is 14.6. The summed E-state index contributed by atoms with van der Waals surface area (Å²) in [7, 11) is -3.40. The third-order valence-electron chi connectivity index (χ3n) is 5.05. The van der Waals surface area contributed by atoms with E-state index in [1.54, 1.807) is 34.9 Å². The van der Waals surface area contributed by atoms with Crippen molar-refractivity contribution in [3.05, 3.63) is 47.9 Å². The standard InChI is InChI=1S/C18H23N5O2S/c24-26(25,15-4-2-1-3-5-15)23-10-7-14(8-11-23)22-18-16-6-9-19-12-17(16)20-13-21-18/h1-5,13-14,19H,6-12H2,(H,20,21,22). The molecule has 1 fully saturated rings. The van der Waals surface area contributed by atoms with Crippen LogP contribution in [-0.2, 0) is 23.0 Å². The predicted molar refractivity (Wildman–Crippen MR) is 99.3 cm³/mol. The van der Waals surface area contributed by atoms with Crippen molar-refractivity contribution in [3.8, 4) is 0 Å². The van der Waals surface area contributed by atoms with Crippen molar-refractivity contribution in [1.29, 1.82) is 0 Å². The third kappa shape index (κ3) is 3.44. The average Bonchev–Trinajstić information content (AvgIpc) is 2.69. The lowest BCUT2D eigenvalue weighted by Gasteiger charge is -2.32. The molecule has 1 aromatic heterocycles. The van der Waals surface area contributed by atoms with Crippen LogP contribution in [0.2, 0.25) is 0 Å². The van der Waals surface area contributed by atoms with E-state index in [0.29, 0.717) is 18.0 Å². The van der Waals surface area contributed by atoms with Gasteiger partial charge in [-0.25, -0.2) is 18.4 Å². The number of fused-ring (bicyclic) bond motifs is 1. The van der Waals surface area contributed by atoms with Gasteiger partial charge in [0.2, 0.25) is 10.0 Å². The second-order valence-corrected chi connectivity index (χ2v) is 8.65. The normalized spacial score (nSPS) is 19.1. The summed E-state index contributed by atoms with van der Waals surface area (Å²) in [4.78, 5) is 9.13. The second-order valence-electron chi connectivity index (χ2n) is 6.71. The fourth-order valence-electron chi connectivity index (χ4n) is 3.58. The Morgan fingerprint density at radius 1 is 1.12 bits per heavy atom. The lowest BCUT2D eigenvalue weighted by Crippen LogP contribution is -2.42. The van der Waals surface area contributed by atoms with Gasteiger partial charge in [0.1, 0.15) is 12.1 Å². The SMILES string of the molecule is O=S(=O)(c1ccccc1)N1CCC(Nc2ncnc3c2CCNC3)CC1. The molecule has 0 atom stereocenters. The molecule has 0 radical (unpaired) electrons. The fraction of sp³-hybridized carbons (Fsp3) is 0.444. The van der Waals surface area contributed by atoms with E-state index in [4.69, 9.17) is 0 Å². The van der Waals surface area contributed by atoms with Gasteiger partial charge >= 0.3 is 0 Å². The van der Waals surface area contributed by atoms with E-state index in [1.807, 2.05) is 6.07 Å². The highest BCUT2D eigenvalue weighted by atomic mass is 32.2. The molecule has 0 aliphatic carbocycles. The molecule has 4 rings (SSSR count). The molecule has 3 heterocycles. The van der Waals surface area contributed by atoms with Crippen LogP contribution in [0.3, 0.4) is 0 Å². The number of sulfonamides is 1. The average molecular weight is 373 g/mol. The Balaban J connectivity index is 1.42. The molecule has 26 heavy (non-hydrogen) atoms. The molecule has 2 aromatic rings. The number of aromatic nitrogens is 2. The minimum absolute atomic E-state index is 0.228. The van der Waals surface area contributed by atoms with E-state index in [2.05, 4.69) is 20.6 Å². The molecule has 0 spiro atoms. The van der Waals surface area contributed by atoms with E-state index in [-0.39, 0.29) is 6.04 Å². The van der Waals surface area contributed by atoms with E-state index in [1.165, 1.54) is 5.56 Å². The van der Waals surface area contributed by atoms with Gasteiger partial charge in [0.05, 0.1) is 10.6 Å². The van der Waals surface area contributed by atoms with Crippen LogP contribution in [0.15, 0.2) is 41.6 Å². The van der Waals surface area contributed by atoms with Crippen molar-refractivity contribution in [3.63, 3.8) is 0 Å². The quantitative estimate of drug-likeness (QED) is 0.842. The summed E-state index contributed by atoms with van der Waals surface area (Å²) >= 11 is 0. The predicted octanol–water partition coefficient (Wildman–Crippen LogP) is 1.39. The first-order valence-electron chi connectivity index (χ1n) is 9.00. The van der Waals surface area contributed by atoms with Crippen LogP contribution in [0, 0.1) is 0 Å². The van der Waals surface area contributed by atoms with E-state index in [0.717, 1.165) is 43.9 Å². The number of anilines is 1. The summed E-state index contributed by atoms with van der Waals surface area (Å²) in [6.45, 7) is 2.75. The Labute approximate surface area is 153 Å². The first-order valence-corrected chi connectivity index (χ1v) is 10.4. The van der Waals surface area contributed by atoms with Crippen LogP contribution in [0.1, 0.15) is 24.1 Å². The number of piperidine rings is 1. The third-order valence-corrected chi connectivity index (χ3v) is 6.97. The molecule has 8 heteroatoms. The molecule has 138 valence electrons. The van der Waals surface area contributed by atoms with Gasteiger partial charge in [0.15, 0.2) is 0 Å². The summed E-state index contributed by atoms with van der Waals surface area (Å²) in [5.41, 5.74) is 2.24. The molecule has 2 N–H and O–H groups in total. The molecule has 0 bridgehead atoms. The maximum absolute atomic E-state index is 12.7. The minimum Gasteiger partial charge on any atom is -0.367 e. The molecule has 0 unspecified atom stereocenters. The van der Waals surface area contributed by atoms with E-state index >= 15 is 0 Å². The van der Waals surface area contributed by atoms with Gasteiger partial charge in [-0.2, -0.15) is 4.31 Å². The van der Waals surface area contributed by atoms with Crippen LogP contribution >= 0.6 is 0 Å². The van der Waals surface area contributed by atoms with Crippen molar-refractivity contribution in [2.45, 2.75) is 36.7 Å². The molecule has 0 amide bonds. The summed E-state index contributed by atoms with van der Waals surface area (Å²) in [6, 6.07) is 8.88. The highest BCUT2D eigenvalue weighted by Gasteiger charge is 2.29. The summed E-state index contributed by atoms with van der Waals surface area (Å²) in [5, 5.41) is 6.84. The lowest BCUT2D eigenvalue weighted by molar-refractivity contribution is 0.329. The van der Waals surface area contributed by atoms with Crippen molar-refractivity contribution >= 4 is 15.8 Å². The molecule has 1 aromatic carbocycles. The number of hydrogen-bond acceptors (Lipinski definition) is 6. The summed E-state index contributed by atoms with van der Waals surface area (Å²) in [5.74, 6) is 0.904. The largest absolute Gasteiger partial charge is 0.367 e. The number of rotatable bonds is 4. The highest BCUT2D eigenvalue weighted by molar-refractivity contribution is 7.89. The first-order chi connectivity index (χ1) is 12.6. The number of hydrogen-bond donors (Lipinski definition) is 2. The minimum atomic E-state index is -3.40. The van der Waals surface area contributed by atoms with Gasteiger partial charge in [-0.15, -0.1) is 0 Å². The van der Waals surface area contributed by atoms with E-state index < -0.39 is 10.0 Å². The zero-order valence-corrected chi connectivity index (χ0v) is 15.4. The van der Waals surface area contributed by atoms with Crippen molar-refractivity contribution in [2.75, 3.05) is 25.0 Å². The van der Waals surface area contributed by atoms with Gasteiger partial charge in [0, 0.05) is 31.2 Å². The second kappa shape index (κ2) is 7.30. The lowest BCUT2D eigenvalue weighted by atomic mass is 10.0. The van der Waals surface area contributed by atoms with E-state index in [9.17, 15) is 8.42 Å². The monoisotopic (exact) mass is 373 g/mol. The number of nitrogens with one attached hydrogen (secondary N) is 2. The molecular weight excluding hydrogens is 350 g/mol. The highest BCUT2D eigenvalue weighted by Crippen LogP contribution is 2.24. The first kappa shape index (κ1) is 17.4. The molecule has 2 aliphatic heterocycles. The van der Waals surface area contributed by atoms with Crippen LogP contribution in [0.5, 0.6) is 0 Å². The summed E-state index contributed by atoms with van der Waals surface area (Å²) < 4.78 is 27.0. The Kier molecular flexibility index (Phi) is 4.88. The fourth-order valence-corrected chi connectivity index (χ4v) is 5.07. The Morgan fingerprint density at radius 3 is 2.65 bits per heavy atom. The molecule has 0 saturated carbocycles. The Hall–Kier alpha value is -2.03. The van der Waals surface area contributed by atoms with Crippen molar-refractivity contribution in [1.82, 2.24) is 19.6 Å². The Bertz CT molecular complexity index is 864. The molecule has 2 aliphatic rings. The van der Waals surface area contributed by atoms with Crippen LogP contribution in [-0.4, -0.2) is 48.4 Å².